The number of rotatable bonds is 3. The van der Waals surface area contributed by atoms with Crippen molar-refractivity contribution in [3.05, 3.63) is 28.8 Å². The Morgan fingerprint density at radius 1 is 1.19 bits per heavy atom. The van der Waals surface area contributed by atoms with Crippen LogP contribution in [-0.4, -0.2) is 16.8 Å². The van der Waals surface area contributed by atoms with Gasteiger partial charge in [0.25, 0.3) is 0 Å². The second kappa shape index (κ2) is 4.88. The highest BCUT2D eigenvalue weighted by Crippen LogP contribution is 2.31. The standard InChI is InChI=1S/C14H22O2/c1-10-8-12(14(2,3)4)9-11(13(10)16)6-5-7-15/h8-9,15-16H,5-7H2,1-4H3. The molecule has 0 spiro atoms. The van der Waals surface area contributed by atoms with E-state index in [1.165, 1.54) is 5.56 Å². The Kier molecular flexibility index (Phi) is 3.98. The van der Waals surface area contributed by atoms with Gasteiger partial charge in [-0.2, -0.15) is 0 Å². The summed E-state index contributed by atoms with van der Waals surface area (Å²) in [6.07, 6.45) is 1.42. The lowest BCUT2D eigenvalue weighted by molar-refractivity contribution is 0.288. The van der Waals surface area contributed by atoms with Gasteiger partial charge in [0, 0.05) is 6.61 Å². The lowest BCUT2D eigenvalue weighted by atomic mass is 9.84. The first-order valence-electron chi connectivity index (χ1n) is 5.80. The molecule has 0 atom stereocenters. The molecule has 0 aromatic heterocycles. The van der Waals surface area contributed by atoms with Gasteiger partial charge in [0.2, 0.25) is 0 Å². The third-order valence-electron chi connectivity index (χ3n) is 2.85. The van der Waals surface area contributed by atoms with E-state index in [-0.39, 0.29) is 12.0 Å². The van der Waals surface area contributed by atoms with Crippen LogP contribution in [0.5, 0.6) is 5.75 Å². The third kappa shape index (κ3) is 2.99. The van der Waals surface area contributed by atoms with Crippen LogP contribution in [0, 0.1) is 6.92 Å². The SMILES string of the molecule is Cc1cc(C(C)(C)C)cc(CCCO)c1O. The molecule has 2 nitrogen and oxygen atoms in total. The second-order valence-corrected chi connectivity index (χ2v) is 5.38. The van der Waals surface area contributed by atoms with Crippen molar-refractivity contribution in [2.24, 2.45) is 0 Å². The van der Waals surface area contributed by atoms with E-state index in [0.29, 0.717) is 12.2 Å². The number of aromatic hydroxyl groups is 1. The fraction of sp³-hybridized carbons (Fsp3) is 0.571. The minimum Gasteiger partial charge on any atom is -0.507 e. The summed E-state index contributed by atoms with van der Waals surface area (Å²) in [5, 5.41) is 18.8. The Balaban J connectivity index is 3.12. The molecule has 0 amide bonds. The Morgan fingerprint density at radius 2 is 1.81 bits per heavy atom. The van der Waals surface area contributed by atoms with Crippen molar-refractivity contribution < 1.29 is 10.2 Å². The molecule has 1 rings (SSSR count). The molecule has 0 fully saturated rings. The first-order chi connectivity index (χ1) is 7.36. The Morgan fingerprint density at radius 3 is 2.31 bits per heavy atom. The molecule has 0 bridgehead atoms. The van der Waals surface area contributed by atoms with Crippen LogP contribution in [0.3, 0.4) is 0 Å². The van der Waals surface area contributed by atoms with Gasteiger partial charge >= 0.3 is 0 Å². The van der Waals surface area contributed by atoms with Gasteiger partial charge in [0.15, 0.2) is 0 Å². The van der Waals surface area contributed by atoms with E-state index in [4.69, 9.17) is 5.11 Å². The van der Waals surface area contributed by atoms with Gasteiger partial charge in [-0.25, -0.2) is 0 Å². The van der Waals surface area contributed by atoms with E-state index in [1.54, 1.807) is 0 Å². The molecule has 16 heavy (non-hydrogen) atoms. The van der Waals surface area contributed by atoms with Crippen molar-refractivity contribution in [2.75, 3.05) is 6.61 Å². The number of aryl methyl sites for hydroxylation is 2. The molecule has 90 valence electrons. The fourth-order valence-electron chi connectivity index (χ4n) is 1.75. The lowest BCUT2D eigenvalue weighted by Gasteiger charge is -2.21. The van der Waals surface area contributed by atoms with Gasteiger partial charge in [-0.1, -0.05) is 32.9 Å². The molecule has 0 aliphatic rings. The van der Waals surface area contributed by atoms with E-state index >= 15 is 0 Å². The van der Waals surface area contributed by atoms with E-state index in [0.717, 1.165) is 17.5 Å². The Bertz CT molecular complexity index is 362. The Hall–Kier alpha value is -1.02. The number of hydrogen-bond acceptors (Lipinski definition) is 2. The predicted molar refractivity (Wildman–Crippen MR) is 67.0 cm³/mol. The quantitative estimate of drug-likeness (QED) is 0.825. The molecule has 0 radical (unpaired) electrons. The largest absolute Gasteiger partial charge is 0.507 e. The van der Waals surface area contributed by atoms with Gasteiger partial charge in [-0.05, 0) is 41.9 Å². The third-order valence-corrected chi connectivity index (χ3v) is 2.85. The summed E-state index contributed by atoms with van der Waals surface area (Å²) in [4.78, 5) is 0. The van der Waals surface area contributed by atoms with Crippen molar-refractivity contribution >= 4 is 0 Å². The molecule has 1 aromatic carbocycles. The summed E-state index contributed by atoms with van der Waals surface area (Å²) in [5.41, 5.74) is 3.18. The molecule has 2 N–H and O–H groups in total. The van der Waals surface area contributed by atoms with E-state index in [9.17, 15) is 5.11 Å². The van der Waals surface area contributed by atoms with Crippen LogP contribution in [-0.2, 0) is 11.8 Å². The maximum Gasteiger partial charge on any atom is 0.121 e. The van der Waals surface area contributed by atoms with Crippen LogP contribution in [0.2, 0.25) is 0 Å². The van der Waals surface area contributed by atoms with Crippen LogP contribution >= 0.6 is 0 Å². The zero-order valence-corrected chi connectivity index (χ0v) is 10.7. The van der Waals surface area contributed by atoms with Crippen LogP contribution in [0.4, 0.5) is 0 Å². The van der Waals surface area contributed by atoms with E-state index < -0.39 is 0 Å². The lowest BCUT2D eigenvalue weighted by Crippen LogP contribution is -2.12. The monoisotopic (exact) mass is 222 g/mol. The maximum absolute atomic E-state index is 9.93. The van der Waals surface area contributed by atoms with Crippen LogP contribution in [0.15, 0.2) is 12.1 Å². The predicted octanol–water partition coefficient (Wildman–Crippen LogP) is 2.92. The van der Waals surface area contributed by atoms with Crippen LogP contribution in [0.25, 0.3) is 0 Å². The average molecular weight is 222 g/mol. The van der Waals surface area contributed by atoms with Crippen LogP contribution in [0.1, 0.15) is 43.9 Å². The van der Waals surface area contributed by atoms with E-state index in [1.807, 2.05) is 13.0 Å². The molecular weight excluding hydrogens is 200 g/mol. The molecule has 2 heteroatoms. The second-order valence-electron chi connectivity index (χ2n) is 5.38. The number of hydrogen-bond donors (Lipinski definition) is 2. The molecule has 1 aromatic rings. The molecule has 0 saturated carbocycles. The number of phenols is 1. The van der Waals surface area contributed by atoms with Gasteiger partial charge in [0.05, 0.1) is 0 Å². The van der Waals surface area contributed by atoms with Gasteiger partial charge < -0.3 is 10.2 Å². The topological polar surface area (TPSA) is 40.5 Å². The van der Waals surface area contributed by atoms with Gasteiger partial charge in [0.1, 0.15) is 5.75 Å². The molecule has 0 aliphatic carbocycles. The highest BCUT2D eigenvalue weighted by molar-refractivity contribution is 5.45. The van der Waals surface area contributed by atoms with Gasteiger partial charge in [-0.3, -0.25) is 0 Å². The van der Waals surface area contributed by atoms with Gasteiger partial charge in [-0.15, -0.1) is 0 Å². The summed E-state index contributed by atoms with van der Waals surface area (Å²) in [7, 11) is 0. The first kappa shape index (κ1) is 13.0. The molecule has 0 saturated heterocycles. The average Bonchev–Trinajstić information content (AvgIpc) is 2.18. The zero-order valence-electron chi connectivity index (χ0n) is 10.7. The Labute approximate surface area is 97.9 Å². The summed E-state index contributed by atoms with van der Waals surface area (Å²) in [5.74, 6) is 0.376. The number of aliphatic hydroxyl groups is 1. The minimum atomic E-state index is 0.0897. The minimum absolute atomic E-state index is 0.0897. The molecular formula is C14H22O2. The highest BCUT2D eigenvalue weighted by Gasteiger charge is 2.16. The van der Waals surface area contributed by atoms with Crippen molar-refractivity contribution in [3.63, 3.8) is 0 Å². The highest BCUT2D eigenvalue weighted by atomic mass is 16.3. The molecule has 0 unspecified atom stereocenters. The summed E-state index contributed by atoms with van der Waals surface area (Å²) in [6, 6.07) is 4.09. The van der Waals surface area contributed by atoms with Crippen molar-refractivity contribution in [2.45, 2.75) is 46.0 Å². The fourth-order valence-corrected chi connectivity index (χ4v) is 1.75. The number of aliphatic hydroxyl groups excluding tert-OH is 1. The molecule has 0 aliphatic heterocycles. The van der Waals surface area contributed by atoms with Crippen molar-refractivity contribution in [1.29, 1.82) is 0 Å². The smallest absolute Gasteiger partial charge is 0.121 e. The van der Waals surface area contributed by atoms with Crippen molar-refractivity contribution in [1.82, 2.24) is 0 Å². The zero-order chi connectivity index (χ0) is 12.3. The number of phenolic OH excluding ortho intramolecular Hbond substituents is 1. The normalized spacial score (nSPS) is 11.8. The summed E-state index contributed by atoms with van der Waals surface area (Å²) < 4.78 is 0. The van der Waals surface area contributed by atoms with Crippen LogP contribution < -0.4 is 0 Å². The summed E-state index contributed by atoms with van der Waals surface area (Å²) >= 11 is 0. The number of benzene rings is 1. The molecule has 0 heterocycles. The first-order valence-corrected chi connectivity index (χ1v) is 5.80. The maximum atomic E-state index is 9.93. The summed E-state index contributed by atoms with van der Waals surface area (Å²) in [6.45, 7) is 8.57. The van der Waals surface area contributed by atoms with E-state index in [2.05, 4.69) is 26.8 Å². The van der Waals surface area contributed by atoms with Crippen molar-refractivity contribution in [3.8, 4) is 5.75 Å².